The number of nitrogens with zero attached hydrogens (tertiary/aromatic N) is 3. The first-order valence-electron chi connectivity index (χ1n) is 9.28. The molecule has 2 aromatic rings. The Morgan fingerprint density at radius 2 is 1.76 bits per heavy atom. The lowest BCUT2D eigenvalue weighted by Crippen LogP contribution is -2.50. The van der Waals surface area contributed by atoms with Gasteiger partial charge in [-0.05, 0) is 44.5 Å². The lowest BCUT2D eigenvalue weighted by Gasteiger charge is -2.34. The van der Waals surface area contributed by atoms with Crippen molar-refractivity contribution in [2.45, 2.75) is 31.6 Å². The maximum Gasteiger partial charge on any atom is 0.254 e. The van der Waals surface area contributed by atoms with Crippen molar-refractivity contribution in [1.29, 1.82) is 0 Å². The van der Waals surface area contributed by atoms with Crippen LogP contribution in [0.25, 0.3) is 0 Å². The van der Waals surface area contributed by atoms with Crippen molar-refractivity contribution < 1.29 is 17.6 Å². The Labute approximate surface area is 168 Å². The van der Waals surface area contributed by atoms with Crippen LogP contribution in [0.1, 0.15) is 23.5 Å². The average molecular weight is 422 g/mol. The molecular formula is C19H23FN4O4S. The second-order valence-corrected chi connectivity index (χ2v) is 8.89. The van der Waals surface area contributed by atoms with Crippen LogP contribution in [0.2, 0.25) is 0 Å². The van der Waals surface area contributed by atoms with Gasteiger partial charge in [-0.2, -0.15) is 4.31 Å². The topological polar surface area (TPSA) is 103 Å². The summed E-state index contributed by atoms with van der Waals surface area (Å²) < 4.78 is 39.6. The Morgan fingerprint density at radius 3 is 2.34 bits per heavy atom. The van der Waals surface area contributed by atoms with Crippen molar-refractivity contribution in [3.8, 4) is 0 Å². The average Bonchev–Trinajstić information content (AvgIpc) is 2.67. The summed E-state index contributed by atoms with van der Waals surface area (Å²) in [6.07, 6.45) is 0.431. The molecular weight excluding hydrogens is 399 g/mol. The third-order valence-electron chi connectivity index (χ3n) is 4.97. The van der Waals surface area contributed by atoms with Crippen LogP contribution in [0.3, 0.4) is 0 Å². The van der Waals surface area contributed by atoms with Crippen LogP contribution in [0.15, 0.2) is 34.0 Å². The number of hydrogen-bond donors (Lipinski definition) is 1. The van der Waals surface area contributed by atoms with Gasteiger partial charge < -0.3 is 9.88 Å². The molecule has 0 radical (unpaired) electrons. The zero-order valence-electron chi connectivity index (χ0n) is 16.3. The molecule has 1 aromatic heterocycles. The predicted molar refractivity (Wildman–Crippen MR) is 104 cm³/mol. The number of carbonyl (C=O) groups is 1. The van der Waals surface area contributed by atoms with E-state index in [0.717, 1.165) is 12.1 Å². The molecule has 156 valence electrons. The fraction of sp³-hybridized carbons (Fsp3) is 0.421. The SMILES string of the molecule is Cc1nc(C)c(CCC(=O)N2CCN(S(=O)(=O)c3ccc(F)cc3)CC2)c(=O)[nH]1. The molecule has 0 aliphatic carbocycles. The van der Waals surface area contributed by atoms with E-state index in [1.54, 1.807) is 18.7 Å². The maximum absolute atomic E-state index is 13.0. The number of piperazine rings is 1. The van der Waals surface area contributed by atoms with E-state index in [1.165, 1.54) is 16.4 Å². The van der Waals surface area contributed by atoms with Crippen LogP contribution >= 0.6 is 0 Å². The zero-order chi connectivity index (χ0) is 21.2. The Balaban J connectivity index is 1.58. The monoisotopic (exact) mass is 422 g/mol. The highest BCUT2D eigenvalue weighted by Crippen LogP contribution is 2.18. The first-order chi connectivity index (χ1) is 13.7. The van der Waals surface area contributed by atoms with Crippen LogP contribution in [0.4, 0.5) is 4.39 Å². The highest BCUT2D eigenvalue weighted by molar-refractivity contribution is 7.89. The molecule has 0 unspecified atom stereocenters. The number of hydrogen-bond acceptors (Lipinski definition) is 5. The van der Waals surface area contributed by atoms with E-state index in [9.17, 15) is 22.4 Å². The van der Waals surface area contributed by atoms with Crippen molar-refractivity contribution in [1.82, 2.24) is 19.2 Å². The van der Waals surface area contributed by atoms with Crippen molar-refractivity contribution in [3.63, 3.8) is 0 Å². The van der Waals surface area contributed by atoms with Gasteiger partial charge >= 0.3 is 0 Å². The molecule has 1 N–H and O–H groups in total. The van der Waals surface area contributed by atoms with E-state index >= 15 is 0 Å². The zero-order valence-corrected chi connectivity index (χ0v) is 17.1. The summed E-state index contributed by atoms with van der Waals surface area (Å²) in [4.78, 5) is 33.0. The molecule has 8 nitrogen and oxygen atoms in total. The minimum atomic E-state index is -3.72. The molecule has 0 spiro atoms. The number of benzene rings is 1. The summed E-state index contributed by atoms with van der Waals surface area (Å²) in [5, 5.41) is 0. The minimum absolute atomic E-state index is 0.0280. The van der Waals surface area contributed by atoms with Crippen molar-refractivity contribution in [2.24, 2.45) is 0 Å². The van der Waals surface area contributed by atoms with E-state index in [0.29, 0.717) is 17.1 Å². The molecule has 1 fully saturated rings. The summed E-state index contributed by atoms with van der Waals surface area (Å²) in [5.41, 5.74) is 0.855. The third kappa shape index (κ3) is 4.70. The fourth-order valence-corrected chi connectivity index (χ4v) is 4.79. The molecule has 3 rings (SSSR count). The number of sulfonamides is 1. The summed E-state index contributed by atoms with van der Waals surface area (Å²) in [6, 6.07) is 4.68. The molecule has 0 bridgehead atoms. The Kier molecular flexibility index (Phi) is 6.13. The Morgan fingerprint density at radius 1 is 1.14 bits per heavy atom. The Bertz CT molecular complexity index is 1060. The van der Waals surface area contributed by atoms with Crippen LogP contribution in [-0.4, -0.2) is 59.7 Å². The molecule has 1 amide bonds. The number of H-pyrrole nitrogens is 1. The number of halogens is 1. The standard InChI is InChI=1S/C19H23FN4O4S/c1-13-17(19(26)22-14(2)21-13)7-8-18(25)23-9-11-24(12-10-23)29(27,28)16-5-3-15(20)4-6-16/h3-6H,7-12H2,1-2H3,(H,21,22,26). The minimum Gasteiger partial charge on any atom is -0.340 e. The van der Waals surface area contributed by atoms with Crippen molar-refractivity contribution in [3.05, 3.63) is 57.5 Å². The van der Waals surface area contributed by atoms with Gasteiger partial charge in [0, 0.05) is 43.9 Å². The molecule has 1 aliphatic heterocycles. The first kappa shape index (κ1) is 21.1. The number of carbonyl (C=O) groups excluding carboxylic acids is 1. The third-order valence-corrected chi connectivity index (χ3v) is 6.89. The molecule has 1 aliphatic rings. The Hall–Kier alpha value is -2.59. The van der Waals surface area contributed by atoms with E-state index in [4.69, 9.17) is 0 Å². The smallest absolute Gasteiger partial charge is 0.254 e. The highest BCUT2D eigenvalue weighted by Gasteiger charge is 2.30. The summed E-state index contributed by atoms with van der Waals surface area (Å²) in [7, 11) is -3.72. The lowest BCUT2D eigenvalue weighted by molar-refractivity contribution is -0.132. The van der Waals surface area contributed by atoms with Gasteiger partial charge in [-0.25, -0.2) is 17.8 Å². The van der Waals surface area contributed by atoms with Gasteiger partial charge in [0.1, 0.15) is 11.6 Å². The highest BCUT2D eigenvalue weighted by atomic mass is 32.2. The summed E-state index contributed by atoms with van der Waals surface area (Å²) in [5.74, 6) is -0.110. The van der Waals surface area contributed by atoms with E-state index in [2.05, 4.69) is 9.97 Å². The molecule has 1 saturated heterocycles. The van der Waals surface area contributed by atoms with Gasteiger partial charge in [0.25, 0.3) is 5.56 Å². The number of aromatic nitrogens is 2. The molecule has 1 aromatic carbocycles. The normalized spacial score (nSPS) is 15.5. The molecule has 0 atom stereocenters. The van der Waals surface area contributed by atoms with E-state index in [1.807, 2.05) is 0 Å². The number of amides is 1. The van der Waals surface area contributed by atoms with Crippen molar-refractivity contribution >= 4 is 15.9 Å². The lowest BCUT2D eigenvalue weighted by atomic mass is 10.1. The number of aryl methyl sites for hydroxylation is 2. The van der Waals surface area contributed by atoms with Gasteiger partial charge in [-0.1, -0.05) is 0 Å². The van der Waals surface area contributed by atoms with Crippen LogP contribution < -0.4 is 5.56 Å². The first-order valence-corrected chi connectivity index (χ1v) is 10.7. The van der Waals surface area contributed by atoms with Crippen LogP contribution in [0, 0.1) is 19.7 Å². The second kappa shape index (κ2) is 8.42. The van der Waals surface area contributed by atoms with E-state index < -0.39 is 15.8 Å². The van der Waals surface area contributed by atoms with Crippen LogP contribution in [-0.2, 0) is 21.2 Å². The van der Waals surface area contributed by atoms with Gasteiger partial charge in [-0.15, -0.1) is 0 Å². The van der Waals surface area contributed by atoms with Gasteiger partial charge in [-0.3, -0.25) is 9.59 Å². The summed E-state index contributed by atoms with van der Waals surface area (Å²) >= 11 is 0. The molecule has 0 saturated carbocycles. The van der Waals surface area contributed by atoms with Gasteiger partial charge in [0.2, 0.25) is 15.9 Å². The second-order valence-electron chi connectivity index (χ2n) is 6.95. The maximum atomic E-state index is 13.0. The predicted octanol–water partition coefficient (Wildman–Crippen LogP) is 0.992. The number of aromatic amines is 1. The molecule has 10 heteroatoms. The summed E-state index contributed by atoms with van der Waals surface area (Å²) in [6.45, 7) is 4.29. The van der Waals surface area contributed by atoms with Crippen LogP contribution in [0.5, 0.6) is 0 Å². The molecule has 2 heterocycles. The van der Waals surface area contributed by atoms with Gasteiger partial charge in [0.15, 0.2) is 0 Å². The fourth-order valence-electron chi connectivity index (χ4n) is 3.37. The quantitative estimate of drug-likeness (QED) is 0.774. The molecule has 29 heavy (non-hydrogen) atoms. The number of nitrogens with one attached hydrogen (secondary N) is 1. The van der Waals surface area contributed by atoms with Gasteiger partial charge in [0.05, 0.1) is 4.90 Å². The van der Waals surface area contributed by atoms with Crippen molar-refractivity contribution in [2.75, 3.05) is 26.2 Å². The number of rotatable bonds is 5. The van der Waals surface area contributed by atoms with E-state index in [-0.39, 0.29) is 55.4 Å². The largest absolute Gasteiger partial charge is 0.340 e.